The smallest absolute Gasteiger partial charge is 0.229 e. The molecule has 2 N–H and O–H groups in total. The maximum atomic E-state index is 4.85. The van der Waals surface area contributed by atoms with Crippen LogP contribution in [0.15, 0.2) is 30.3 Å². The molecular formula is C19H23N5. The van der Waals surface area contributed by atoms with Gasteiger partial charge in [-0.25, -0.2) is 0 Å². The number of aromatic amines is 1. The molecule has 0 amide bonds. The standard InChI is InChI=1S/C19H23N5/c1-3-14-8-4-5-9-16(14)21-18-15-12-13(2)20-17(15)22-19(23-18)24-10-6-7-11-24/h4-5,8-9,12H,3,6-7,10-11H2,1-2H3,(H2,20,21,22,23). The summed E-state index contributed by atoms with van der Waals surface area (Å²) >= 11 is 0. The van der Waals surface area contributed by atoms with Gasteiger partial charge in [0, 0.05) is 24.5 Å². The Kier molecular flexibility index (Phi) is 3.84. The van der Waals surface area contributed by atoms with E-state index in [0.717, 1.165) is 53.7 Å². The predicted molar refractivity (Wildman–Crippen MR) is 99.2 cm³/mol. The molecule has 1 aliphatic rings. The highest BCUT2D eigenvalue weighted by atomic mass is 15.3. The highest BCUT2D eigenvalue weighted by molar-refractivity contribution is 5.91. The van der Waals surface area contributed by atoms with Crippen molar-refractivity contribution in [1.82, 2.24) is 15.0 Å². The number of rotatable bonds is 4. The van der Waals surface area contributed by atoms with Gasteiger partial charge in [-0.1, -0.05) is 25.1 Å². The van der Waals surface area contributed by atoms with E-state index in [9.17, 15) is 0 Å². The number of benzene rings is 1. The van der Waals surface area contributed by atoms with Gasteiger partial charge in [-0.3, -0.25) is 0 Å². The van der Waals surface area contributed by atoms with Gasteiger partial charge in [0.1, 0.15) is 11.5 Å². The van der Waals surface area contributed by atoms with Crippen LogP contribution in [0.4, 0.5) is 17.5 Å². The summed E-state index contributed by atoms with van der Waals surface area (Å²) in [6.07, 6.45) is 3.42. The molecule has 5 heteroatoms. The molecule has 1 aromatic carbocycles. The molecule has 0 atom stereocenters. The van der Waals surface area contributed by atoms with E-state index in [0.29, 0.717) is 0 Å². The highest BCUT2D eigenvalue weighted by Crippen LogP contribution is 2.29. The van der Waals surface area contributed by atoms with E-state index in [1.807, 2.05) is 0 Å². The molecule has 0 saturated carbocycles. The average molecular weight is 321 g/mol. The number of hydrogen-bond acceptors (Lipinski definition) is 4. The zero-order chi connectivity index (χ0) is 16.5. The fraction of sp³-hybridized carbons (Fsp3) is 0.368. The minimum absolute atomic E-state index is 0.818. The van der Waals surface area contributed by atoms with Crippen LogP contribution in [0.25, 0.3) is 11.0 Å². The molecular weight excluding hydrogens is 298 g/mol. The lowest BCUT2D eigenvalue weighted by Crippen LogP contribution is -2.20. The van der Waals surface area contributed by atoms with Crippen LogP contribution in [0.1, 0.15) is 31.0 Å². The predicted octanol–water partition coefficient (Wildman–Crippen LogP) is 4.17. The minimum Gasteiger partial charge on any atom is -0.343 e. The van der Waals surface area contributed by atoms with Crippen molar-refractivity contribution in [2.75, 3.05) is 23.3 Å². The van der Waals surface area contributed by atoms with Crippen molar-refractivity contribution in [2.24, 2.45) is 0 Å². The third-order valence-electron chi connectivity index (χ3n) is 4.65. The third-order valence-corrected chi connectivity index (χ3v) is 4.65. The molecule has 0 aliphatic carbocycles. The monoisotopic (exact) mass is 321 g/mol. The number of aromatic nitrogens is 3. The van der Waals surface area contributed by atoms with E-state index in [1.165, 1.54) is 18.4 Å². The first-order valence-corrected chi connectivity index (χ1v) is 8.72. The number of aryl methyl sites for hydroxylation is 2. The number of fused-ring (bicyclic) bond motifs is 1. The van der Waals surface area contributed by atoms with Crippen molar-refractivity contribution >= 4 is 28.5 Å². The van der Waals surface area contributed by atoms with Gasteiger partial charge in [0.15, 0.2) is 0 Å². The van der Waals surface area contributed by atoms with Crippen LogP contribution in [0.2, 0.25) is 0 Å². The van der Waals surface area contributed by atoms with Gasteiger partial charge in [-0.2, -0.15) is 9.97 Å². The Morgan fingerprint density at radius 2 is 1.96 bits per heavy atom. The Morgan fingerprint density at radius 3 is 2.75 bits per heavy atom. The highest BCUT2D eigenvalue weighted by Gasteiger charge is 2.18. The summed E-state index contributed by atoms with van der Waals surface area (Å²) in [5.41, 5.74) is 4.41. The summed E-state index contributed by atoms with van der Waals surface area (Å²) in [6.45, 7) is 6.31. The molecule has 0 spiro atoms. The number of H-pyrrole nitrogens is 1. The number of para-hydroxylation sites is 1. The van der Waals surface area contributed by atoms with Gasteiger partial charge in [0.05, 0.1) is 5.39 Å². The minimum atomic E-state index is 0.818. The van der Waals surface area contributed by atoms with Crippen LogP contribution in [-0.2, 0) is 6.42 Å². The molecule has 5 nitrogen and oxygen atoms in total. The normalized spacial score (nSPS) is 14.5. The molecule has 0 bridgehead atoms. The molecule has 4 rings (SSSR count). The van der Waals surface area contributed by atoms with Crippen molar-refractivity contribution in [3.05, 3.63) is 41.6 Å². The zero-order valence-corrected chi connectivity index (χ0v) is 14.3. The first-order chi connectivity index (χ1) is 11.7. The van der Waals surface area contributed by atoms with Gasteiger partial charge >= 0.3 is 0 Å². The largest absolute Gasteiger partial charge is 0.343 e. The first kappa shape index (κ1) is 15.0. The van der Waals surface area contributed by atoms with Crippen LogP contribution < -0.4 is 10.2 Å². The molecule has 3 aromatic rings. The van der Waals surface area contributed by atoms with E-state index in [-0.39, 0.29) is 0 Å². The topological polar surface area (TPSA) is 56.8 Å². The summed E-state index contributed by atoms with van der Waals surface area (Å²) in [7, 11) is 0. The van der Waals surface area contributed by atoms with E-state index in [2.05, 4.69) is 59.4 Å². The molecule has 24 heavy (non-hydrogen) atoms. The maximum Gasteiger partial charge on any atom is 0.229 e. The van der Waals surface area contributed by atoms with Crippen LogP contribution in [0, 0.1) is 6.92 Å². The number of nitrogens with zero attached hydrogens (tertiary/aromatic N) is 3. The van der Waals surface area contributed by atoms with Crippen LogP contribution in [0.5, 0.6) is 0 Å². The maximum absolute atomic E-state index is 4.85. The zero-order valence-electron chi connectivity index (χ0n) is 14.3. The van der Waals surface area contributed by atoms with Crippen molar-refractivity contribution in [3.63, 3.8) is 0 Å². The second-order valence-corrected chi connectivity index (χ2v) is 6.42. The van der Waals surface area contributed by atoms with E-state index in [1.54, 1.807) is 0 Å². The van der Waals surface area contributed by atoms with Gasteiger partial charge in [-0.15, -0.1) is 0 Å². The lowest BCUT2D eigenvalue weighted by molar-refractivity contribution is 0.906. The Labute approximate surface area is 142 Å². The molecule has 2 aromatic heterocycles. The SMILES string of the molecule is CCc1ccccc1Nc1nc(N2CCCC2)nc2[nH]c(C)cc12. The van der Waals surface area contributed by atoms with E-state index < -0.39 is 0 Å². The van der Waals surface area contributed by atoms with Crippen molar-refractivity contribution in [1.29, 1.82) is 0 Å². The summed E-state index contributed by atoms with van der Waals surface area (Å²) in [5, 5.41) is 4.59. The van der Waals surface area contributed by atoms with Crippen LogP contribution in [0.3, 0.4) is 0 Å². The quantitative estimate of drug-likeness (QED) is 0.757. The summed E-state index contributed by atoms with van der Waals surface area (Å²) < 4.78 is 0. The number of nitrogens with one attached hydrogen (secondary N) is 2. The molecule has 124 valence electrons. The molecule has 3 heterocycles. The average Bonchev–Trinajstić information content (AvgIpc) is 3.24. The van der Waals surface area contributed by atoms with Gasteiger partial charge in [-0.05, 0) is 43.9 Å². The fourth-order valence-corrected chi connectivity index (χ4v) is 3.36. The molecule has 1 fully saturated rings. The summed E-state index contributed by atoms with van der Waals surface area (Å²) in [6, 6.07) is 10.5. The Bertz CT molecular complexity index is 861. The molecule has 1 saturated heterocycles. The second kappa shape index (κ2) is 6.15. The Morgan fingerprint density at radius 1 is 1.17 bits per heavy atom. The second-order valence-electron chi connectivity index (χ2n) is 6.42. The number of hydrogen-bond donors (Lipinski definition) is 2. The van der Waals surface area contributed by atoms with Gasteiger partial charge in [0.25, 0.3) is 0 Å². The lowest BCUT2D eigenvalue weighted by Gasteiger charge is -2.17. The molecule has 0 radical (unpaired) electrons. The van der Waals surface area contributed by atoms with E-state index >= 15 is 0 Å². The fourth-order valence-electron chi connectivity index (χ4n) is 3.36. The van der Waals surface area contributed by atoms with Crippen molar-refractivity contribution in [3.8, 4) is 0 Å². The number of anilines is 3. The third kappa shape index (κ3) is 2.70. The lowest BCUT2D eigenvalue weighted by atomic mass is 10.1. The van der Waals surface area contributed by atoms with Crippen molar-refractivity contribution < 1.29 is 0 Å². The van der Waals surface area contributed by atoms with E-state index in [4.69, 9.17) is 9.97 Å². The Balaban J connectivity index is 1.80. The van der Waals surface area contributed by atoms with Crippen molar-refractivity contribution in [2.45, 2.75) is 33.1 Å². The van der Waals surface area contributed by atoms with Gasteiger partial charge in [0.2, 0.25) is 5.95 Å². The first-order valence-electron chi connectivity index (χ1n) is 8.72. The Hall–Kier alpha value is -2.56. The van der Waals surface area contributed by atoms with Crippen LogP contribution in [-0.4, -0.2) is 28.0 Å². The molecule has 0 unspecified atom stereocenters. The van der Waals surface area contributed by atoms with Gasteiger partial charge < -0.3 is 15.2 Å². The summed E-state index contributed by atoms with van der Waals surface area (Å²) in [4.78, 5) is 15.2. The van der Waals surface area contributed by atoms with Crippen LogP contribution >= 0.6 is 0 Å². The summed E-state index contributed by atoms with van der Waals surface area (Å²) in [5.74, 6) is 1.70. The molecule has 1 aliphatic heterocycles.